The van der Waals surface area contributed by atoms with Gasteiger partial charge in [0.15, 0.2) is 0 Å². The number of hydrogen-bond donors (Lipinski definition) is 0. The molecule has 1 amide bonds. The number of amides is 1. The first-order valence-electron chi connectivity index (χ1n) is 5.40. The maximum atomic E-state index is 11.8. The molecule has 0 saturated carbocycles. The van der Waals surface area contributed by atoms with Gasteiger partial charge in [0.2, 0.25) is 5.91 Å². The predicted octanol–water partition coefficient (Wildman–Crippen LogP) is 1.60. The van der Waals surface area contributed by atoms with Crippen LogP contribution >= 0.6 is 0 Å². The number of carbonyl (C=O) groups is 1. The van der Waals surface area contributed by atoms with Gasteiger partial charge in [0, 0.05) is 6.42 Å². The summed E-state index contributed by atoms with van der Waals surface area (Å²) in [4.78, 5) is 13.2. The summed E-state index contributed by atoms with van der Waals surface area (Å²) in [6.07, 6.45) is 6.21. The number of rotatable bonds is 5. The lowest BCUT2D eigenvalue weighted by molar-refractivity contribution is -0.129. The fourth-order valence-electron chi connectivity index (χ4n) is 1.48. The molecule has 0 bridgehead atoms. The topological polar surface area (TPSA) is 44.1 Å². The second-order valence-corrected chi connectivity index (χ2v) is 3.60. The van der Waals surface area contributed by atoms with E-state index in [1.165, 1.54) is 4.90 Å². The third-order valence-corrected chi connectivity index (χ3v) is 2.37. The summed E-state index contributed by atoms with van der Waals surface area (Å²) in [5.74, 6) is 2.31. The van der Waals surface area contributed by atoms with E-state index in [0.717, 1.165) is 5.56 Å². The van der Waals surface area contributed by atoms with Crippen molar-refractivity contribution in [3.8, 4) is 18.4 Å². The number of hydrogen-bond acceptors (Lipinski definition) is 2. The lowest BCUT2D eigenvalue weighted by Gasteiger charge is -2.16. The minimum Gasteiger partial charge on any atom is -0.318 e. The smallest absolute Gasteiger partial charge is 0.224 e. The second-order valence-electron chi connectivity index (χ2n) is 3.60. The van der Waals surface area contributed by atoms with Crippen molar-refractivity contribution in [3.63, 3.8) is 0 Å². The molecule has 0 unspecified atom stereocenters. The van der Waals surface area contributed by atoms with E-state index in [4.69, 9.17) is 11.7 Å². The minimum absolute atomic E-state index is 0.0534. The first-order chi connectivity index (χ1) is 8.27. The van der Waals surface area contributed by atoms with Crippen LogP contribution in [0.3, 0.4) is 0 Å². The number of benzene rings is 1. The quantitative estimate of drug-likeness (QED) is 0.565. The molecule has 1 aromatic carbocycles. The van der Waals surface area contributed by atoms with Crippen molar-refractivity contribution < 1.29 is 4.79 Å². The number of aryl methyl sites for hydroxylation is 1. The van der Waals surface area contributed by atoms with E-state index in [-0.39, 0.29) is 19.0 Å². The van der Waals surface area contributed by atoms with E-state index in [1.54, 1.807) is 0 Å². The molecule has 0 radical (unpaired) electrons. The highest BCUT2D eigenvalue weighted by Crippen LogP contribution is 2.04. The van der Waals surface area contributed by atoms with Gasteiger partial charge in [0.25, 0.3) is 0 Å². The van der Waals surface area contributed by atoms with Crippen LogP contribution < -0.4 is 0 Å². The molecular weight excluding hydrogens is 212 g/mol. The normalized spacial score (nSPS) is 9.06. The Balaban J connectivity index is 2.48. The van der Waals surface area contributed by atoms with Crippen LogP contribution in [0.4, 0.5) is 0 Å². The molecule has 86 valence electrons. The van der Waals surface area contributed by atoms with Crippen molar-refractivity contribution in [1.29, 1.82) is 5.26 Å². The van der Waals surface area contributed by atoms with Gasteiger partial charge in [0.1, 0.15) is 6.54 Å². The molecule has 0 saturated heterocycles. The van der Waals surface area contributed by atoms with Crippen molar-refractivity contribution in [1.82, 2.24) is 4.90 Å². The van der Waals surface area contributed by atoms with Crippen LogP contribution in [0.1, 0.15) is 12.0 Å². The van der Waals surface area contributed by atoms with Crippen LogP contribution in [0.25, 0.3) is 0 Å². The highest BCUT2D eigenvalue weighted by Gasteiger charge is 2.11. The maximum Gasteiger partial charge on any atom is 0.224 e. The van der Waals surface area contributed by atoms with Crippen LogP contribution in [-0.2, 0) is 11.2 Å². The average Bonchev–Trinajstić information content (AvgIpc) is 2.37. The zero-order chi connectivity index (χ0) is 12.5. The van der Waals surface area contributed by atoms with Gasteiger partial charge in [-0.3, -0.25) is 4.79 Å². The Morgan fingerprint density at radius 2 is 2.00 bits per heavy atom. The van der Waals surface area contributed by atoms with Gasteiger partial charge in [-0.25, -0.2) is 0 Å². The van der Waals surface area contributed by atoms with Gasteiger partial charge in [0.05, 0.1) is 12.6 Å². The van der Waals surface area contributed by atoms with E-state index in [0.29, 0.717) is 12.8 Å². The molecule has 0 aliphatic carbocycles. The molecule has 0 aliphatic rings. The summed E-state index contributed by atoms with van der Waals surface area (Å²) in [5, 5.41) is 8.58. The molecule has 3 heteroatoms. The Bertz CT molecular complexity index is 424. The highest BCUT2D eigenvalue weighted by molar-refractivity contribution is 5.77. The zero-order valence-corrected chi connectivity index (χ0v) is 9.60. The van der Waals surface area contributed by atoms with Crippen molar-refractivity contribution in [3.05, 3.63) is 35.9 Å². The summed E-state index contributed by atoms with van der Waals surface area (Å²) < 4.78 is 0. The lowest BCUT2D eigenvalue weighted by atomic mass is 10.1. The van der Waals surface area contributed by atoms with Crippen LogP contribution in [0.5, 0.6) is 0 Å². The summed E-state index contributed by atoms with van der Waals surface area (Å²) in [7, 11) is 0. The molecule has 0 aromatic heterocycles. The molecule has 17 heavy (non-hydrogen) atoms. The number of nitriles is 1. The predicted molar refractivity (Wildman–Crippen MR) is 65.8 cm³/mol. The summed E-state index contributed by atoms with van der Waals surface area (Å²) >= 11 is 0. The number of carbonyl (C=O) groups excluding carboxylic acids is 1. The van der Waals surface area contributed by atoms with E-state index in [1.807, 2.05) is 36.4 Å². The van der Waals surface area contributed by atoms with E-state index >= 15 is 0 Å². The van der Waals surface area contributed by atoms with Crippen molar-refractivity contribution in [2.75, 3.05) is 13.1 Å². The van der Waals surface area contributed by atoms with Gasteiger partial charge in [-0.15, -0.1) is 6.42 Å². The summed E-state index contributed by atoms with van der Waals surface area (Å²) in [6, 6.07) is 11.7. The van der Waals surface area contributed by atoms with Gasteiger partial charge >= 0.3 is 0 Å². The molecule has 0 fully saturated rings. The first-order valence-corrected chi connectivity index (χ1v) is 5.40. The summed E-state index contributed by atoms with van der Waals surface area (Å²) in [6.45, 7) is 0.249. The van der Waals surface area contributed by atoms with Gasteiger partial charge in [-0.2, -0.15) is 5.26 Å². The van der Waals surface area contributed by atoms with E-state index < -0.39 is 0 Å². The van der Waals surface area contributed by atoms with Crippen molar-refractivity contribution in [2.45, 2.75) is 12.8 Å². The minimum atomic E-state index is -0.0756. The van der Waals surface area contributed by atoms with Gasteiger partial charge in [-0.1, -0.05) is 36.3 Å². The molecule has 0 atom stereocenters. The van der Waals surface area contributed by atoms with Crippen LogP contribution in [0.2, 0.25) is 0 Å². The second kappa shape index (κ2) is 7.09. The molecule has 0 N–H and O–H groups in total. The molecule has 0 spiro atoms. The summed E-state index contributed by atoms with van der Waals surface area (Å²) in [5.41, 5.74) is 1.11. The third-order valence-electron chi connectivity index (χ3n) is 2.37. The average molecular weight is 226 g/mol. The lowest BCUT2D eigenvalue weighted by Crippen LogP contribution is -2.31. The Kier molecular flexibility index (Phi) is 5.34. The fourth-order valence-corrected chi connectivity index (χ4v) is 1.48. The monoisotopic (exact) mass is 226 g/mol. The SMILES string of the molecule is C#CCN(CC#N)C(=O)CCc1ccccc1. The molecular formula is C14H14N2O. The standard InChI is InChI=1S/C14H14N2O/c1-2-11-16(12-10-15)14(17)9-8-13-6-4-3-5-7-13/h1,3-7H,8-9,11-12H2. The van der Waals surface area contributed by atoms with Gasteiger partial charge < -0.3 is 4.90 Å². The Morgan fingerprint density at radius 3 is 2.59 bits per heavy atom. The van der Waals surface area contributed by atoms with E-state index in [9.17, 15) is 4.79 Å². The van der Waals surface area contributed by atoms with Crippen LogP contribution in [0.15, 0.2) is 30.3 Å². The molecule has 1 rings (SSSR count). The van der Waals surface area contributed by atoms with Crippen molar-refractivity contribution >= 4 is 5.91 Å². The molecule has 0 aliphatic heterocycles. The van der Waals surface area contributed by atoms with Crippen molar-refractivity contribution in [2.24, 2.45) is 0 Å². The maximum absolute atomic E-state index is 11.8. The zero-order valence-electron chi connectivity index (χ0n) is 9.60. The van der Waals surface area contributed by atoms with Gasteiger partial charge in [-0.05, 0) is 12.0 Å². The largest absolute Gasteiger partial charge is 0.318 e. The van der Waals surface area contributed by atoms with Crippen LogP contribution in [-0.4, -0.2) is 23.9 Å². The van der Waals surface area contributed by atoms with E-state index in [2.05, 4.69) is 5.92 Å². The molecule has 3 nitrogen and oxygen atoms in total. The Morgan fingerprint density at radius 1 is 1.29 bits per heavy atom. The molecule has 1 aromatic rings. The Hall–Kier alpha value is -2.26. The highest BCUT2D eigenvalue weighted by atomic mass is 16.2. The number of terminal acetylenes is 1. The fraction of sp³-hybridized carbons (Fsp3) is 0.286. The third kappa shape index (κ3) is 4.40. The Labute approximate surface area is 102 Å². The number of nitrogens with zero attached hydrogens (tertiary/aromatic N) is 2. The first kappa shape index (κ1) is 12.8. The van der Waals surface area contributed by atoms with Crippen LogP contribution in [0, 0.1) is 23.7 Å². The molecule has 0 heterocycles.